The molecule has 2 aromatic heterocycles. The van der Waals surface area contributed by atoms with Gasteiger partial charge in [-0.05, 0) is 31.2 Å². The molecule has 22 heavy (non-hydrogen) atoms. The molecule has 0 aliphatic carbocycles. The van der Waals surface area contributed by atoms with Crippen molar-refractivity contribution in [1.29, 1.82) is 0 Å². The fraction of sp³-hybridized carbons (Fsp3) is 0.0667. The van der Waals surface area contributed by atoms with Gasteiger partial charge in [0.2, 0.25) is 0 Å². The third kappa shape index (κ3) is 2.30. The number of fused-ring (bicyclic) bond motifs is 1. The van der Waals surface area contributed by atoms with Crippen LogP contribution in [0.4, 0.5) is 3.89 Å². The molecule has 0 atom stereocenters. The average molecular weight is 381 g/mol. The summed E-state index contributed by atoms with van der Waals surface area (Å²) in [6.07, 6.45) is 1.63. The Kier molecular flexibility index (Phi) is 3.92. The molecule has 0 fully saturated rings. The molecule has 0 saturated heterocycles. The largest absolute Gasteiger partial charge is 0.503 e. The van der Waals surface area contributed by atoms with Crippen LogP contribution in [-0.2, 0) is 0 Å². The summed E-state index contributed by atoms with van der Waals surface area (Å²) in [7, 11) is 0. The number of aromatic hydroxyl groups is 1. The Balaban J connectivity index is 2.55. The molecule has 3 rings (SSSR count). The summed E-state index contributed by atoms with van der Waals surface area (Å²) in [5, 5.41) is 10.9. The molecule has 0 bridgehead atoms. The molecule has 0 amide bonds. The van der Waals surface area contributed by atoms with E-state index in [0.29, 0.717) is 27.7 Å². The van der Waals surface area contributed by atoms with Crippen molar-refractivity contribution in [2.45, 2.75) is 6.92 Å². The van der Waals surface area contributed by atoms with Gasteiger partial charge in [0.1, 0.15) is 0 Å². The van der Waals surface area contributed by atoms with Crippen molar-refractivity contribution >= 4 is 39.2 Å². The van der Waals surface area contributed by atoms with Gasteiger partial charge in [-0.2, -0.15) is 0 Å². The van der Waals surface area contributed by atoms with Crippen LogP contribution in [0, 0.1) is 6.92 Å². The van der Waals surface area contributed by atoms with E-state index in [-0.39, 0.29) is 12.3 Å². The maximum absolute atomic E-state index is 13.2. The molecule has 7 heteroatoms. The number of aryl methyl sites for hydroxylation is 1. The first-order chi connectivity index (χ1) is 10.5. The number of benzene rings is 1. The van der Waals surface area contributed by atoms with Crippen molar-refractivity contribution < 1.29 is 8.99 Å². The predicted octanol–water partition coefficient (Wildman–Crippen LogP) is 4.22. The fourth-order valence-electron chi connectivity index (χ4n) is 2.42. The lowest BCUT2D eigenvalue weighted by Crippen LogP contribution is -2.15. The van der Waals surface area contributed by atoms with Gasteiger partial charge < -0.3 is 5.11 Å². The first kappa shape index (κ1) is 15.1. The lowest BCUT2D eigenvalue weighted by molar-refractivity contribution is 0.469. The van der Waals surface area contributed by atoms with E-state index < -0.39 is 11.3 Å². The van der Waals surface area contributed by atoms with E-state index in [1.54, 1.807) is 43.5 Å². The SMILES string of the molecule is Cc1ncccc1-c1c(O)c(=O)n(SF)c2ccc(Br)cc12. The van der Waals surface area contributed by atoms with Gasteiger partial charge in [0.05, 0.1) is 5.52 Å². The lowest BCUT2D eigenvalue weighted by atomic mass is 9.99. The van der Waals surface area contributed by atoms with Crippen LogP contribution < -0.4 is 5.56 Å². The van der Waals surface area contributed by atoms with Crippen LogP contribution in [0.3, 0.4) is 0 Å². The highest BCUT2D eigenvalue weighted by Gasteiger charge is 2.19. The van der Waals surface area contributed by atoms with Crippen molar-refractivity contribution in [3.63, 3.8) is 0 Å². The highest BCUT2D eigenvalue weighted by Crippen LogP contribution is 2.37. The highest BCUT2D eigenvalue weighted by atomic mass is 79.9. The van der Waals surface area contributed by atoms with Crippen LogP contribution in [0.25, 0.3) is 22.0 Å². The Morgan fingerprint density at radius 1 is 1.36 bits per heavy atom. The molecule has 0 radical (unpaired) electrons. The van der Waals surface area contributed by atoms with Crippen molar-refractivity contribution in [1.82, 2.24) is 8.96 Å². The first-order valence-corrected chi connectivity index (χ1v) is 7.79. The molecule has 0 spiro atoms. The molecule has 0 aliphatic heterocycles. The standard InChI is InChI=1S/C15H10BrFN2O2S/c1-8-10(3-2-6-18-8)13-11-7-9(16)4-5-12(11)19(22-17)15(21)14(13)20/h2-7,20H,1H3. The normalized spacial score (nSPS) is 11.0. The summed E-state index contributed by atoms with van der Waals surface area (Å²) in [4.78, 5) is 16.4. The Hall–Kier alpha value is -1.86. The molecule has 4 nitrogen and oxygen atoms in total. The summed E-state index contributed by atoms with van der Waals surface area (Å²) in [5.41, 5.74) is 1.26. The minimum absolute atomic E-state index is 0.234. The molecule has 3 aromatic rings. The Bertz CT molecular complexity index is 943. The van der Waals surface area contributed by atoms with Gasteiger partial charge in [0.15, 0.2) is 18.1 Å². The number of rotatable bonds is 2. The van der Waals surface area contributed by atoms with Crippen LogP contribution in [-0.4, -0.2) is 14.1 Å². The molecular formula is C15H10BrFN2O2S. The molecular weight excluding hydrogens is 371 g/mol. The molecule has 0 unspecified atom stereocenters. The molecule has 1 aromatic carbocycles. The minimum atomic E-state index is -0.791. The van der Waals surface area contributed by atoms with Gasteiger partial charge in [0.25, 0.3) is 0 Å². The van der Waals surface area contributed by atoms with E-state index in [9.17, 15) is 13.8 Å². The zero-order valence-electron chi connectivity index (χ0n) is 11.4. The fourth-order valence-corrected chi connectivity index (χ4v) is 3.16. The van der Waals surface area contributed by atoms with Crippen LogP contribution in [0.15, 0.2) is 45.8 Å². The second-order valence-electron chi connectivity index (χ2n) is 4.69. The molecule has 1 N–H and O–H groups in total. The monoisotopic (exact) mass is 380 g/mol. The average Bonchev–Trinajstić information content (AvgIpc) is 2.50. The second kappa shape index (κ2) is 5.73. The third-order valence-electron chi connectivity index (χ3n) is 3.42. The van der Waals surface area contributed by atoms with Crippen molar-refractivity contribution in [3.8, 4) is 16.9 Å². The van der Waals surface area contributed by atoms with Crippen molar-refractivity contribution in [3.05, 3.63) is 57.0 Å². The first-order valence-electron chi connectivity index (χ1n) is 6.33. The highest BCUT2D eigenvalue weighted by molar-refractivity contribution is 9.10. The van der Waals surface area contributed by atoms with Gasteiger partial charge in [-0.15, -0.1) is 3.89 Å². The van der Waals surface area contributed by atoms with Crippen molar-refractivity contribution in [2.75, 3.05) is 0 Å². The summed E-state index contributed by atoms with van der Waals surface area (Å²) < 4.78 is 14.7. The Labute approximate surface area is 138 Å². The van der Waals surface area contributed by atoms with Crippen LogP contribution in [0.1, 0.15) is 5.69 Å². The molecule has 0 aliphatic rings. The number of nitrogens with zero attached hydrogens (tertiary/aromatic N) is 2. The maximum Gasteiger partial charge on any atom is 0.305 e. The smallest absolute Gasteiger partial charge is 0.305 e. The Morgan fingerprint density at radius 2 is 2.14 bits per heavy atom. The van der Waals surface area contributed by atoms with Gasteiger partial charge in [-0.1, -0.05) is 22.0 Å². The van der Waals surface area contributed by atoms with Gasteiger partial charge >= 0.3 is 5.56 Å². The number of hydrogen-bond acceptors (Lipinski definition) is 4. The summed E-state index contributed by atoms with van der Waals surface area (Å²) >= 11 is 3.13. The number of hydrogen-bond donors (Lipinski definition) is 1. The van der Waals surface area contributed by atoms with E-state index in [1.165, 1.54) is 0 Å². The molecule has 0 saturated carbocycles. The zero-order chi connectivity index (χ0) is 15.9. The van der Waals surface area contributed by atoms with Crippen LogP contribution in [0.2, 0.25) is 0 Å². The van der Waals surface area contributed by atoms with E-state index in [1.807, 2.05) is 0 Å². The predicted molar refractivity (Wildman–Crippen MR) is 89.6 cm³/mol. The van der Waals surface area contributed by atoms with Gasteiger partial charge in [0, 0.05) is 32.9 Å². The minimum Gasteiger partial charge on any atom is -0.503 e. The van der Waals surface area contributed by atoms with E-state index in [2.05, 4.69) is 20.9 Å². The summed E-state index contributed by atoms with van der Waals surface area (Å²) in [6.45, 7) is 1.79. The van der Waals surface area contributed by atoms with E-state index in [4.69, 9.17) is 0 Å². The topological polar surface area (TPSA) is 55.1 Å². The van der Waals surface area contributed by atoms with Crippen LogP contribution >= 0.6 is 28.3 Å². The van der Waals surface area contributed by atoms with Gasteiger partial charge in [-0.3, -0.25) is 9.78 Å². The molecule has 112 valence electrons. The van der Waals surface area contributed by atoms with Crippen LogP contribution in [0.5, 0.6) is 5.75 Å². The zero-order valence-corrected chi connectivity index (χ0v) is 13.8. The summed E-state index contributed by atoms with van der Waals surface area (Å²) in [6, 6.07) is 8.57. The number of halogens is 2. The third-order valence-corrected chi connectivity index (χ3v) is 4.41. The Morgan fingerprint density at radius 3 is 2.82 bits per heavy atom. The lowest BCUT2D eigenvalue weighted by Gasteiger charge is -2.14. The van der Waals surface area contributed by atoms with E-state index in [0.717, 1.165) is 8.45 Å². The van der Waals surface area contributed by atoms with Gasteiger partial charge in [-0.25, -0.2) is 3.97 Å². The quantitative estimate of drug-likeness (QED) is 0.722. The number of pyridine rings is 2. The number of aromatic nitrogens is 2. The van der Waals surface area contributed by atoms with E-state index >= 15 is 0 Å². The maximum atomic E-state index is 13.2. The summed E-state index contributed by atoms with van der Waals surface area (Å²) in [5.74, 6) is -0.494. The molecule has 2 heterocycles. The van der Waals surface area contributed by atoms with Crippen molar-refractivity contribution in [2.24, 2.45) is 0 Å². The second-order valence-corrected chi connectivity index (χ2v) is 6.11.